The Morgan fingerprint density at radius 3 is 2.71 bits per heavy atom. The predicted octanol–water partition coefficient (Wildman–Crippen LogP) is 2.43. The van der Waals surface area contributed by atoms with Gasteiger partial charge in [0.25, 0.3) is 5.91 Å². The molecule has 1 aliphatic carbocycles. The molecule has 21 heavy (non-hydrogen) atoms. The third-order valence-corrected chi connectivity index (χ3v) is 3.91. The van der Waals surface area contributed by atoms with Gasteiger partial charge in [0.2, 0.25) is 0 Å². The van der Waals surface area contributed by atoms with Gasteiger partial charge in [-0.25, -0.2) is 0 Å². The van der Waals surface area contributed by atoms with Crippen molar-refractivity contribution < 1.29 is 23.1 Å². The quantitative estimate of drug-likeness (QED) is 0.932. The number of likely N-dealkylation sites (N-methyl/N-ethyl adjacent to an activating group) is 1. The van der Waals surface area contributed by atoms with Gasteiger partial charge in [-0.3, -0.25) is 4.79 Å². The molecular formula is C14H19F3N2O2. The maximum Gasteiger partial charge on any atom is 0.406 e. The molecule has 2 atom stereocenters. The van der Waals surface area contributed by atoms with Gasteiger partial charge < -0.3 is 14.6 Å². The van der Waals surface area contributed by atoms with Crippen LogP contribution in [0.5, 0.6) is 0 Å². The van der Waals surface area contributed by atoms with Crippen LogP contribution in [0.1, 0.15) is 36.2 Å². The second-order valence-corrected chi connectivity index (χ2v) is 5.47. The number of hydrogen-bond acceptors (Lipinski definition) is 2. The lowest BCUT2D eigenvalue weighted by Gasteiger charge is -2.35. The molecule has 1 aromatic heterocycles. The molecule has 2 rings (SSSR count). The van der Waals surface area contributed by atoms with Crippen LogP contribution in [-0.2, 0) is 6.54 Å². The van der Waals surface area contributed by atoms with Crippen molar-refractivity contribution in [1.82, 2.24) is 9.47 Å². The highest BCUT2D eigenvalue weighted by atomic mass is 19.4. The summed E-state index contributed by atoms with van der Waals surface area (Å²) >= 11 is 0. The fourth-order valence-corrected chi connectivity index (χ4v) is 2.81. The summed E-state index contributed by atoms with van der Waals surface area (Å²) in [5.74, 6) is -0.491. The second-order valence-electron chi connectivity index (χ2n) is 5.47. The van der Waals surface area contributed by atoms with E-state index in [0.717, 1.165) is 17.4 Å². The Kier molecular flexibility index (Phi) is 4.61. The van der Waals surface area contributed by atoms with Gasteiger partial charge in [0, 0.05) is 13.2 Å². The monoisotopic (exact) mass is 304 g/mol. The molecule has 0 saturated heterocycles. The molecule has 1 fully saturated rings. The van der Waals surface area contributed by atoms with E-state index >= 15 is 0 Å². The molecule has 0 aromatic carbocycles. The first kappa shape index (κ1) is 15.9. The molecule has 1 saturated carbocycles. The van der Waals surface area contributed by atoms with Gasteiger partial charge in [0.15, 0.2) is 0 Å². The molecule has 1 aliphatic rings. The van der Waals surface area contributed by atoms with Gasteiger partial charge in [-0.05, 0) is 25.0 Å². The van der Waals surface area contributed by atoms with E-state index in [0.29, 0.717) is 12.8 Å². The largest absolute Gasteiger partial charge is 0.406 e. The topological polar surface area (TPSA) is 45.5 Å². The van der Waals surface area contributed by atoms with Crippen molar-refractivity contribution in [2.45, 2.75) is 50.6 Å². The Hall–Kier alpha value is -1.50. The Bertz CT molecular complexity index is 499. The van der Waals surface area contributed by atoms with E-state index in [2.05, 4.69) is 0 Å². The third kappa shape index (κ3) is 3.78. The molecule has 118 valence electrons. The second kappa shape index (κ2) is 6.09. The highest BCUT2D eigenvalue weighted by Gasteiger charge is 2.33. The van der Waals surface area contributed by atoms with Crippen LogP contribution in [0.4, 0.5) is 13.2 Å². The molecule has 0 spiro atoms. The molecular weight excluding hydrogens is 285 g/mol. The summed E-state index contributed by atoms with van der Waals surface area (Å²) in [6.45, 7) is -1.19. The highest BCUT2D eigenvalue weighted by Crippen LogP contribution is 2.24. The molecule has 2 unspecified atom stereocenters. The Balaban J connectivity index is 2.14. The Morgan fingerprint density at radius 2 is 2.10 bits per heavy atom. The van der Waals surface area contributed by atoms with E-state index in [9.17, 15) is 23.1 Å². The highest BCUT2D eigenvalue weighted by molar-refractivity contribution is 5.92. The minimum Gasteiger partial charge on any atom is -0.391 e. The first-order chi connectivity index (χ1) is 9.79. The van der Waals surface area contributed by atoms with Crippen LogP contribution in [-0.4, -0.2) is 45.9 Å². The van der Waals surface area contributed by atoms with Crippen LogP contribution < -0.4 is 0 Å². The van der Waals surface area contributed by atoms with Gasteiger partial charge in [0.05, 0.1) is 12.1 Å². The van der Waals surface area contributed by atoms with E-state index in [1.165, 1.54) is 30.3 Å². The normalized spacial score (nSPS) is 23.1. The SMILES string of the molecule is CN(C(=O)c1cccn1CC(F)(F)F)C1CCCCC1O. The Morgan fingerprint density at radius 1 is 1.43 bits per heavy atom. The zero-order valence-corrected chi connectivity index (χ0v) is 11.8. The first-order valence-electron chi connectivity index (χ1n) is 6.97. The number of carbonyl (C=O) groups excluding carboxylic acids is 1. The molecule has 4 nitrogen and oxygen atoms in total. The Labute approximate surface area is 121 Å². The summed E-state index contributed by atoms with van der Waals surface area (Å²) in [5, 5.41) is 9.96. The number of aromatic nitrogens is 1. The van der Waals surface area contributed by atoms with Crippen LogP contribution in [0.3, 0.4) is 0 Å². The third-order valence-electron chi connectivity index (χ3n) is 3.91. The maximum absolute atomic E-state index is 12.5. The number of amides is 1. The average molecular weight is 304 g/mol. The van der Waals surface area contributed by atoms with Crippen LogP contribution >= 0.6 is 0 Å². The fourth-order valence-electron chi connectivity index (χ4n) is 2.81. The fraction of sp³-hybridized carbons (Fsp3) is 0.643. The molecule has 1 amide bonds. The molecule has 1 aromatic rings. The molecule has 0 bridgehead atoms. The summed E-state index contributed by atoms with van der Waals surface area (Å²) in [5.41, 5.74) is -0.00685. The summed E-state index contributed by atoms with van der Waals surface area (Å²) < 4.78 is 38.4. The average Bonchev–Trinajstić information content (AvgIpc) is 2.83. The van der Waals surface area contributed by atoms with Crippen LogP contribution in [0, 0.1) is 0 Å². The number of aliphatic hydroxyl groups excluding tert-OH is 1. The summed E-state index contributed by atoms with van der Waals surface area (Å²) in [6, 6.07) is 2.46. The van der Waals surface area contributed by atoms with Gasteiger partial charge in [-0.1, -0.05) is 12.8 Å². The van der Waals surface area contributed by atoms with E-state index in [-0.39, 0.29) is 11.7 Å². The number of alkyl halides is 3. The maximum atomic E-state index is 12.5. The first-order valence-corrected chi connectivity index (χ1v) is 6.97. The van der Waals surface area contributed by atoms with E-state index < -0.39 is 24.7 Å². The van der Waals surface area contributed by atoms with Crippen molar-refractivity contribution in [3.8, 4) is 0 Å². The summed E-state index contributed by atoms with van der Waals surface area (Å²) in [7, 11) is 1.53. The van der Waals surface area contributed by atoms with Crippen molar-refractivity contribution in [3.63, 3.8) is 0 Å². The molecule has 0 aliphatic heterocycles. The number of rotatable bonds is 3. The number of aliphatic hydroxyl groups is 1. The van der Waals surface area contributed by atoms with E-state index in [1.54, 1.807) is 0 Å². The van der Waals surface area contributed by atoms with Crippen molar-refractivity contribution in [1.29, 1.82) is 0 Å². The smallest absolute Gasteiger partial charge is 0.391 e. The van der Waals surface area contributed by atoms with Crippen molar-refractivity contribution in [2.24, 2.45) is 0 Å². The van der Waals surface area contributed by atoms with Gasteiger partial charge in [-0.15, -0.1) is 0 Å². The van der Waals surface area contributed by atoms with Crippen molar-refractivity contribution in [3.05, 3.63) is 24.0 Å². The van der Waals surface area contributed by atoms with Crippen LogP contribution in [0.15, 0.2) is 18.3 Å². The van der Waals surface area contributed by atoms with Crippen LogP contribution in [0.2, 0.25) is 0 Å². The van der Waals surface area contributed by atoms with Gasteiger partial charge in [0.1, 0.15) is 12.2 Å². The molecule has 7 heteroatoms. The molecule has 1 N–H and O–H groups in total. The summed E-state index contributed by atoms with van der Waals surface area (Å²) in [6.07, 6.45) is -0.649. The van der Waals surface area contributed by atoms with Crippen LogP contribution in [0.25, 0.3) is 0 Å². The number of nitrogens with zero attached hydrogens (tertiary/aromatic N) is 2. The zero-order valence-electron chi connectivity index (χ0n) is 11.8. The molecule has 0 radical (unpaired) electrons. The standard InChI is InChI=1S/C14H19F3N2O2/c1-18(10-5-2-3-7-12(10)20)13(21)11-6-4-8-19(11)9-14(15,16)17/h4,6,8,10,12,20H,2-3,5,7,9H2,1H3. The number of halogens is 3. The predicted molar refractivity (Wildman–Crippen MR) is 70.8 cm³/mol. The molecule has 1 heterocycles. The van der Waals surface area contributed by atoms with E-state index in [4.69, 9.17) is 0 Å². The zero-order chi connectivity index (χ0) is 15.6. The van der Waals surface area contributed by atoms with Gasteiger partial charge >= 0.3 is 6.18 Å². The lowest BCUT2D eigenvalue weighted by Crippen LogP contribution is -2.46. The lowest BCUT2D eigenvalue weighted by atomic mass is 9.91. The lowest BCUT2D eigenvalue weighted by molar-refractivity contribution is -0.140. The number of carbonyl (C=O) groups is 1. The summed E-state index contributed by atoms with van der Waals surface area (Å²) in [4.78, 5) is 13.8. The number of hydrogen-bond donors (Lipinski definition) is 1. The van der Waals surface area contributed by atoms with Crippen molar-refractivity contribution in [2.75, 3.05) is 7.05 Å². The minimum atomic E-state index is -4.38. The van der Waals surface area contributed by atoms with Crippen molar-refractivity contribution >= 4 is 5.91 Å². The van der Waals surface area contributed by atoms with Gasteiger partial charge in [-0.2, -0.15) is 13.2 Å². The minimum absolute atomic E-state index is 0.00685. The van der Waals surface area contributed by atoms with E-state index in [1.807, 2.05) is 0 Å².